The van der Waals surface area contributed by atoms with Gasteiger partial charge >= 0.3 is 0 Å². The molecule has 0 aliphatic rings. The van der Waals surface area contributed by atoms with E-state index in [-0.39, 0.29) is 17.2 Å². The maximum absolute atomic E-state index is 11.1. The van der Waals surface area contributed by atoms with E-state index >= 15 is 0 Å². The van der Waals surface area contributed by atoms with Crippen molar-refractivity contribution < 1.29 is 12.6 Å². The third kappa shape index (κ3) is 3.39. The number of rotatable bonds is 3. The van der Waals surface area contributed by atoms with Crippen LogP contribution in [0.3, 0.4) is 0 Å². The Morgan fingerprint density at radius 3 is 2.36 bits per heavy atom. The fraction of sp³-hybridized carbons (Fsp3) is 0.250. The van der Waals surface area contributed by atoms with Gasteiger partial charge in [-0.1, -0.05) is 33.6 Å². The molecule has 0 radical (unpaired) electrons. The van der Waals surface area contributed by atoms with E-state index in [0.717, 1.165) is 5.56 Å². The summed E-state index contributed by atoms with van der Waals surface area (Å²) in [6.45, 7) is 1.91. The van der Waals surface area contributed by atoms with Crippen LogP contribution >= 0.6 is 0 Å². The van der Waals surface area contributed by atoms with Crippen molar-refractivity contribution in [3.63, 3.8) is 0 Å². The van der Waals surface area contributed by atoms with Crippen molar-refractivity contribution in [1.82, 2.24) is 0 Å². The Balaban J connectivity index is 2.90. The molecule has 0 saturated carbocycles. The molecule has 0 fully saturated rings. The maximum Gasteiger partial charge on any atom is 0.269 e. The Labute approximate surface area is 86.3 Å². The zero-order chi connectivity index (χ0) is 10.6. The van der Waals surface area contributed by atoms with Crippen molar-refractivity contribution >= 4 is 21.5 Å². The van der Waals surface area contributed by atoms with E-state index in [1.54, 1.807) is 12.1 Å². The van der Waals surface area contributed by atoms with E-state index in [1.165, 1.54) is 0 Å². The molecule has 1 rings (SSSR count). The summed E-state index contributed by atoms with van der Waals surface area (Å²) >= 11 is -0.282. The highest BCUT2D eigenvalue weighted by Crippen LogP contribution is 2.08. The molecule has 0 atom stereocenters. The van der Waals surface area contributed by atoms with Crippen LogP contribution in [0.15, 0.2) is 28.0 Å². The second-order valence-electron chi connectivity index (χ2n) is 2.86. The van der Waals surface area contributed by atoms with Gasteiger partial charge in [0.15, 0.2) is 0 Å². The van der Waals surface area contributed by atoms with Crippen LogP contribution in [0.1, 0.15) is 11.1 Å². The van der Waals surface area contributed by atoms with Gasteiger partial charge in [0.1, 0.15) is 0 Å². The minimum atomic E-state index is -3.62. The molecule has 0 heterocycles. The number of benzene rings is 1. The predicted molar refractivity (Wildman–Crippen MR) is 54.4 cm³/mol. The third-order valence-electron chi connectivity index (χ3n) is 1.61. The highest BCUT2D eigenvalue weighted by atomic mass is 32.2. The third-order valence-corrected chi connectivity index (χ3v) is 3.46. The minimum absolute atomic E-state index is 0.220. The van der Waals surface area contributed by atoms with Gasteiger partial charge in [0, 0.05) is 0 Å². The normalized spacial score (nSPS) is 10.9. The Bertz CT molecular complexity index is 458. The molecule has 76 valence electrons. The van der Waals surface area contributed by atoms with E-state index in [9.17, 15) is 12.6 Å². The molecule has 0 aromatic heterocycles. The van der Waals surface area contributed by atoms with Crippen molar-refractivity contribution in [3.05, 3.63) is 35.4 Å². The summed E-state index contributed by atoms with van der Waals surface area (Å²) in [6, 6.07) is 7.04. The Kier molecular flexibility index (Phi) is 3.54. The lowest BCUT2D eigenvalue weighted by molar-refractivity contribution is 0.597. The van der Waals surface area contributed by atoms with Crippen LogP contribution < -0.4 is 0 Å². The fourth-order valence-electron chi connectivity index (χ4n) is 0.968. The first kappa shape index (κ1) is 11.1. The molecule has 0 N–H and O–H groups in total. The second-order valence-corrected chi connectivity index (χ2v) is 5.06. The Morgan fingerprint density at radius 2 is 1.86 bits per heavy atom. The largest absolute Gasteiger partial charge is 0.269 e. The molecule has 0 unspecified atom stereocenters. The lowest BCUT2D eigenvalue weighted by Gasteiger charge is -1.98. The van der Waals surface area contributed by atoms with Gasteiger partial charge in [0.25, 0.3) is 10.0 Å². The molecule has 4 nitrogen and oxygen atoms in total. The molecule has 6 heteroatoms. The molecule has 0 spiro atoms. The summed E-state index contributed by atoms with van der Waals surface area (Å²) < 4.78 is 35.1. The first-order valence-electron chi connectivity index (χ1n) is 3.83. The van der Waals surface area contributed by atoms with Crippen molar-refractivity contribution in [3.8, 4) is 0 Å². The van der Waals surface area contributed by atoms with Crippen LogP contribution in [0.4, 0.5) is 0 Å². The molecule has 14 heavy (non-hydrogen) atoms. The lowest BCUT2D eigenvalue weighted by atomic mass is 10.2. The van der Waals surface area contributed by atoms with Gasteiger partial charge in [-0.2, -0.15) is 4.21 Å². The topological polar surface area (TPSA) is 63.6 Å². The van der Waals surface area contributed by atoms with Crippen molar-refractivity contribution in [2.24, 2.45) is 3.77 Å². The SMILES string of the molecule is Cc1ccc(CS(=O)(=O)N=S=O)cc1. The maximum atomic E-state index is 11.1. The van der Waals surface area contributed by atoms with Gasteiger partial charge in [0.05, 0.1) is 5.75 Å². The van der Waals surface area contributed by atoms with E-state index in [2.05, 4.69) is 3.77 Å². The number of hydrogen-bond acceptors (Lipinski definition) is 3. The number of hydrogen-bond donors (Lipinski definition) is 0. The molecular weight excluding hydrogens is 222 g/mol. The zero-order valence-corrected chi connectivity index (χ0v) is 9.14. The summed E-state index contributed by atoms with van der Waals surface area (Å²) in [4.78, 5) is 0. The zero-order valence-electron chi connectivity index (χ0n) is 7.50. The minimum Gasteiger partial charge on any atom is -0.203 e. The van der Waals surface area contributed by atoms with Gasteiger partial charge in [0.2, 0.25) is 11.5 Å². The summed E-state index contributed by atoms with van der Waals surface area (Å²) in [5.74, 6) is -0.220. The van der Waals surface area contributed by atoms with Gasteiger partial charge in [-0.25, -0.2) is 8.42 Å². The summed E-state index contributed by atoms with van der Waals surface area (Å²) in [5.41, 5.74) is 1.69. The molecular formula is C8H9NO3S2. The van der Waals surface area contributed by atoms with Crippen molar-refractivity contribution in [1.29, 1.82) is 0 Å². The molecule has 0 amide bonds. The van der Waals surface area contributed by atoms with Gasteiger partial charge in [-0.15, -0.1) is 0 Å². The van der Waals surface area contributed by atoms with Gasteiger partial charge in [-0.05, 0) is 12.5 Å². The Morgan fingerprint density at radius 1 is 1.29 bits per heavy atom. The first-order valence-corrected chi connectivity index (χ1v) is 6.14. The lowest BCUT2D eigenvalue weighted by Crippen LogP contribution is -1.99. The smallest absolute Gasteiger partial charge is 0.203 e. The van der Waals surface area contributed by atoms with Gasteiger partial charge in [-0.3, -0.25) is 0 Å². The van der Waals surface area contributed by atoms with Crippen LogP contribution in [0, 0.1) is 6.92 Å². The molecule has 1 aromatic rings. The first-order chi connectivity index (χ1) is 6.53. The average Bonchev–Trinajstić information content (AvgIpc) is 2.08. The van der Waals surface area contributed by atoms with E-state index < -0.39 is 10.0 Å². The number of nitrogens with zero attached hydrogens (tertiary/aromatic N) is 1. The standard InChI is InChI=1S/C8H9NO3S2/c1-7-2-4-8(5-3-7)6-14(11,12)9-13-10/h2-5H,6H2,1H3. The molecule has 0 bridgehead atoms. The van der Waals surface area contributed by atoms with Crippen LogP contribution in [-0.4, -0.2) is 12.6 Å². The van der Waals surface area contributed by atoms with Crippen LogP contribution in [0.5, 0.6) is 0 Å². The van der Waals surface area contributed by atoms with Gasteiger partial charge < -0.3 is 0 Å². The molecule has 0 aliphatic carbocycles. The molecule has 0 aliphatic heterocycles. The van der Waals surface area contributed by atoms with Crippen molar-refractivity contribution in [2.45, 2.75) is 12.7 Å². The second kappa shape index (κ2) is 4.47. The summed E-state index contributed by atoms with van der Waals surface area (Å²) in [6.07, 6.45) is 0. The highest BCUT2D eigenvalue weighted by Gasteiger charge is 2.08. The summed E-state index contributed by atoms with van der Waals surface area (Å²) in [5, 5.41) is 0. The highest BCUT2D eigenvalue weighted by molar-refractivity contribution is 7.92. The van der Waals surface area contributed by atoms with Crippen LogP contribution in [0.2, 0.25) is 0 Å². The predicted octanol–water partition coefficient (Wildman–Crippen LogP) is 1.22. The summed E-state index contributed by atoms with van der Waals surface area (Å²) in [7, 11) is -3.62. The Hall–Kier alpha value is -1.01. The fourth-order valence-corrected chi connectivity index (χ4v) is 2.16. The molecule has 0 saturated heterocycles. The number of sulfonamides is 1. The van der Waals surface area contributed by atoms with Crippen LogP contribution in [-0.2, 0) is 27.2 Å². The number of aryl methyl sites for hydroxylation is 1. The molecule has 1 aromatic carbocycles. The van der Waals surface area contributed by atoms with E-state index in [0.29, 0.717) is 5.56 Å². The average molecular weight is 231 g/mol. The van der Waals surface area contributed by atoms with E-state index in [4.69, 9.17) is 0 Å². The monoisotopic (exact) mass is 231 g/mol. The van der Waals surface area contributed by atoms with Crippen LogP contribution in [0.25, 0.3) is 0 Å². The van der Waals surface area contributed by atoms with E-state index in [1.807, 2.05) is 19.1 Å². The quantitative estimate of drug-likeness (QED) is 0.785. The van der Waals surface area contributed by atoms with Crippen molar-refractivity contribution in [2.75, 3.05) is 0 Å².